The van der Waals surface area contributed by atoms with E-state index >= 15 is 0 Å². The molecule has 0 aliphatic rings. The van der Waals surface area contributed by atoms with Gasteiger partial charge in [-0.1, -0.05) is 25.1 Å². The molecular weight excluding hydrogens is 400 g/mol. The highest BCUT2D eigenvalue weighted by atomic mass is 32.2. The summed E-state index contributed by atoms with van der Waals surface area (Å²) in [5, 5.41) is 5.73. The van der Waals surface area contributed by atoms with Crippen LogP contribution in [-0.2, 0) is 25.4 Å². The van der Waals surface area contributed by atoms with Crippen molar-refractivity contribution < 1.29 is 4.79 Å². The third kappa shape index (κ3) is 3.90. The lowest BCUT2D eigenvalue weighted by molar-refractivity contribution is -0.113. The minimum absolute atomic E-state index is 0.127. The molecule has 0 aliphatic carbocycles. The van der Waals surface area contributed by atoms with Crippen LogP contribution in [0.4, 0.5) is 5.13 Å². The number of imidazole rings is 1. The largest absolute Gasteiger partial charge is 0.332 e. The molecule has 0 fully saturated rings. The maximum Gasteiger partial charge on any atom is 0.332 e. The van der Waals surface area contributed by atoms with Crippen LogP contribution in [0.5, 0.6) is 0 Å². The molecule has 0 saturated heterocycles. The molecule has 0 aliphatic heterocycles. The molecule has 9 nitrogen and oxygen atoms in total. The molecule has 0 atom stereocenters. The molecule has 0 aromatic carbocycles. The van der Waals surface area contributed by atoms with E-state index in [4.69, 9.17) is 0 Å². The second-order valence-electron chi connectivity index (χ2n) is 6.41. The molecule has 1 N–H and O–H groups in total. The Hall–Kier alpha value is -2.40. The van der Waals surface area contributed by atoms with E-state index in [1.54, 1.807) is 7.05 Å². The number of hydrogen-bond acceptors (Lipinski definition) is 7. The molecule has 3 aromatic heterocycles. The normalized spacial score (nSPS) is 11.3. The lowest BCUT2D eigenvalue weighted by Gasteiger charge is -2.08. The Kier molecular flexibility index (Phi) is 6.04. The van der Waals surface area contributed by atoms with E-state index in [9.17, 15) is 14.4 Å². The van der Waals surface area contributed by atoms with Crippen molar-refractivity contribution in [2.75, 3.05) is 11.1 Å². The molecule has 3 rings (SSSR count). The van der Waals surface area contributed by atoms with Crippen LogP contribution in [0.15, 0.2) is 20.1 Å². The maximum atomic E-state index is 12.7. The van der Waals surface area contributed by atoms with Crippen molar-refractivity contribution in [1.29, 1.82) is 0 Å². The molecular formula is C17H22N6O3S2. The third-order valence-electron chi connectivity index (χ3n) is 4.25. The summed E-state index contributed by atoms with van der Waals surface area (Å²) in [6.07, 6.45) is 1.80. The fourth-order valence-corrected chi connectivity index (χ4v) is 4.28. The van der Waals surface area contributed by atoms with Gasteiger partial charge in [-0.2, -0.15) is 0 Å². The van der Waals surface area contributed by atoms with Gasteiger partial charge in [0.2, 0.25) is 5.91 Å². The number of anilines is 1. The van der Waals surface area contributed by atoms with E-state index in [1.807, 2.05) is 16.9 Å². The van der Waals surface area contributed by atoms with Gasteiger partial charge in [0, 0.05) is 26.0 Å². The zero-order chi connectivity index (χ0) is 20.4. The van der Waals surface area contributed by atoms with Crippen molar-refractivity contribution in [3.8, 4) is 0 Å². The third-order valence-corrected chi connectivity index (χ3v) is 6.10. The van der Waals surface area contributed by atoms with Gasteiger partial charge in [-0.3, -0.25) is 18.7 Å². The van der Waals surface area contributed by atoms with Crippen LogP contribution in [0.1, 0.15) is 25.5 Å². The molecule has 150 valence electrons. The number of aromatic nitrogens is 5. The number of fused-ring (bicyclic) bond motifs is 1. The molecule has 0 unspecified atom stereocenters. The van der Waals surface area contributed by atoms with Gasteiger partial charge in [-0.15, -0.1) is 11.3 Å². The van der Waals surface area contributed by atoms with Crippen molar-refractivity contribution in [3.63, 3.8) is 0 Å². The SMILES string of the molecule is CCCCn1c(SCC(=O)Nc2nc(C)cs2)nc2c1c(=O)n(C)c(=O)n2C. The quantitative estimate of drug-likeness (QED) is 0.582. The summed E-state index contributed by atoms with van der Waals surface area (Å²) < 4.78 is 4.26. The summed E-state index contributed by atoms with van der Waals surface area (Å²) in [4.78, 5) is 45.8. The molecule has 0 saturated carbocycles. The Bertz CT molecular complexity index is 1140. The van der Waals surface area contributed by atoms with Crippen molar-refractivity contribution in [3.05, 3.63) is 31.9 Å². The summed E-state index contributed by atoms with van der Waals surface area (Å²) in [5.74, 6) is -0.0715. The summed E-state index contributed by atoms with van der Waals surface area (Å²) in [7, 11) is 3.05. The zero-order valence-corrected chi connectivity index (χ0v) is 17.8. The smallest absolute Gasteiger partial charge is 0.313 e. The molecule has 28 heavy (non-hydrogen) atoms. The van der Waals surface area contributed by atoms with E-state index in [0.717, 1.165) is 23.1 Å². The first kappa shape index (κ1) is 20.3. The number of carbonyl (C=O) groups is 1. The summed E-state index contributed by atoms with van der Waals surface area (Å²) in [6, 6.07) is 0. The molecule has 0 radical (unpaired) electrons. The minimum Gasteiger partial charge on any atom is -0.313 e. The highest BCUT2D eigenvalue weighted by molar-refractivity contribution is 7.99. The Balaban J connectivity index is 1.92. The second-order valence-corrected chi connectivity index (χ2v) is 8.21. The van der Waals surface area contributed by atoms with Crippen LogP contribution in [0.2, 0.25) is 0 Å². The van der Waals surface area contributed by atoms with Gasteiger partial charge in [0.25, 0.3) is 5.56 Å². The highest BCUT2D eigenvalue weighted by Crippen LogP contribution is 2.23. The Morgan fingerprint density at radius 2 is 2.00 bits per heavy atom. The van der Waals surface area contributed by atoms with E-state index in [-0.39, 0.29) is 17.2 Å². The molecule has 0 bridgehead atoms. The first-order valence-electron chi connectivity index (χ1n) is 8.84. The van der Waals surface area contributed by atoms with Gasteiger partial charge in [0.05, 0.1) is 11.4 Å². The number of aryl methyl sites for hydroxylation is 3. The van der Waals surface area contributed by atoms with E-state index < -0.39 is 5.69 Å². The first-order valence-corrected chi connectivity index (χ1v) is 10.7. The molecule has 11 heteroatoms. The van der Waals surface area contributed by atoms with Crippen LogP contribution in [0.3, 0.4) is 0 Å². The molecule has 1 amide bonds. The number of hydrogen-bond donors (Lipinski definition) is 1. The van der Waals surface area contributed by atoms with E-state index in [2.05, 4.69) is 22.2 Å². The maximum absolute atomic E-state index is 12.7. The van der Waals surface area contributed by atoms with Crippen molar-refractivity contribution in [1.82, 2.24) is 23.7 Å². The topological polar surface area (TPSA) is 104 Å². The van der Waals surface area contributed by atoms with Gasteiger partial charge in [-0.25, -0.2) is 14.8 Å². The number of unbranched alkanes of at least 4 members (excludes halogenated alkanes) is 1. The van der Waals surface area contributed by atoms with E-state index in [0.29, 0.717) is 28.0 Å². The fourth-order valence-electron chi connectivity index (χ4n) is 2.76. The number of rotatable bonds is 7. The zero-order valence-electron chi connectivity index (χ0n) is 16.2. The van der Waals surface area contributed by atoms with Gasteiger partial charge in [0.15, 0.2) is 21.5 Å². The predicted octanol–water partition coefficient (Wildman–Crippen LogP) is 1.73. The van der Waals surface area contributed by atoms with Crippen LogP contribution >= 0.6 is 23.1 Å². The lowest BCUT2D eigenvalue weighted by atomic mass is 10.3. The van der Waals surface area contributed by atoms with Gasteiger partial charge >= 0.3 is 5.69 Å². The number of nitrogens with zero attached hydrogens (tertiary/aromatic N) is 5. The summed E-state index contributed by atoms with van der Waals surface area (Å²) in [5.41, 5.74) is 0.771. The Morgan fingerprint density at radius 1 is 1.25 bits per heavy atom. The Labute approximate surface area is 169 Å². The monoisotopic (exact) mass is 422 g/mol. The number of nitrogens with one attached hydrogen (secondary N) is 1. The van der Waals surface area contributed by atoms with E-state index in [1.165, 1.54) is 34.7 Å². The van der Waals surface area contributed by atoms with Gasteiger partial charge < -0.3 is 9.88 Å². The number of thiazole rings is 1. The van der Waals surface area contributed by atoms with Crippen molar-refractivity contribution >= 4 is 45.3 Å². The summed E-state index contributed by atoms with van der Waals surface area (Å²) in [6.45, 7) is 4.51. The average molecular weight is 423 g/mol. The minimum atomic E-state index is -0.425. The van der Waals surface area contributed by atoms with Crippen LogP contribution in [0, 0.1) is 6.92 Å². The first-order chi connectivity index (χ1) is 13.3. The van der Waals surface area contributed by atoms with Gasteiger partial charge in [-0.05, 0) is 13.3 Å². The standard InChI is InChI=1S/C17H22N6O3S2/c1-5-6-7-23-12-13(21(3)17(26)22(4)14(12)25)20-16(23)28-9-11(24)19-15-18-10(2)8-27-15/h8H,5-7,9H2,1-4H3,(H,18,19,24). The van der Waals surface area contributed by atoms with Crippen molar-refractivity contribution in [2.24, 2.45) is 14.1 Å². The Morgan fingerprint density at radius 3 is 2.64 bits per heavy atom. The number of amides is 1. The second kappa shape index (κ2) is 8.31. The lowest BCUT2D eigenvalue weighted by Crippen LogP contribution is -2.37. The van der Waals surface area contributed by atoms with Crippen LogP contribution < -0.4 is 16.6 Å². The number of carbonyl (C=O) groups excluding carboxylic acids is 1. The molecule has 0 spiro atoms. The molecule has 3 heterocycles. The van der Waals surface area contributed by atoms with Gasteiger partial charge in [0.1, 0.15) is 0 Å². The summed E-state index contributed by atoms with van der Waals surface area (Å²) >= 11 is 2.61. The molecule has 3 aromatic rings. The number of thioether (sulfide) groups is 1. The van der Waals surface area contributed by atoms with Crippen LogP contribution in [0.25, 0.3) is 11.2 Å². The predicted molar refractivity (Wildman–Crippen MR) is 111 cm³/mol. The average Bonchev–Trinajstić information content (AvgIpc) is 3.24. The van der Waals surface area contributed by atoms with Crippen LogP contribution in [-0.4, -0.2) is 35.3 Å². The van der Waals surface area contributed by atoms with Crippen molar-refractivity contribution in [2.45, 2.75) is 38.4 Å². The highest BCUT2D eigenvalue weighted by Gasteiger charge is 2.20. The fraction of sp³-hybridized carbons (Fsp3) is 0.471.